The predicted octanol–water partition coefficient (Wildman–Crippen LogP) is 2.66. The molecule has 0 saturated carbocycles. The Morgan fingerprint density at radius 1 is 1.35 bits per heavy atom. The van der Waals surface area contributed by atoms with Gasteiger partial charge in [-0.15, -0.1) is 0 Å². The average molecular weight is 271 g/mol. The van der Waals surface area contributed by atoms with E-state index in [1.165, 1.54) is 11.8 Å². The summed E-state index contributed by atoms with van der Waals surface area (Å²) in [4.78, 5) is 11.6. The van der Waals surface area contributed by atoms with E-state index in [0.717, 1.165) is 0 Å². The van der Waals surface area contributed by atoms with Crippen molar-refractivity contribution < 1.29 is 13.9 Å². The van der Waals surface area contributed by atoms with Gasteiger partial charge in [-0.05, 0) is 30.5 Å². The molecule has 0 N–H and O–H groups in total. The second kappa shape index (κ2) is 5.20. The Balaban J connectivity index is 2.08. The second-order valence-electron chi connectivity index (χ2n) is 2.93. The monoisotopic (exact) mass is 270 g/mol. The van der Waals surface area contributed by atoms with Crippen LogP contribution in [-0.4, -0.2) is 22.4 Å². The lowest BCUT2D eigenvalue weighted by Crippen LogP contribution is -2.08. The van der Waals surface area contributed by atoms with Crippen LogP contribution in [0.2, 0.25) is 5.02 Å². The van der Waals surface area contributed by atoms with Gasteiger partial charge in [-0.3, -0.25) is 0 Å². The van der Waals surface area contributed by atoms with E-state index in [4.69, 9.17) is 20.8 Å². The van der Waals surface area contributed by atoms with Crippen molar-refractivity contribution in [1.82, 2.24) is 10.2 Å². The normalized spacial score (nSPS) is 10.2. The highest BCUT2D eigenvalue weighted by atomic mass is 35.5. The number of halogens is 1. The van der Waals surface area contributed by atoms with Gasteiger partial charge in [0.05, 0.1) is 5.56 Å². The van der Waals surface area contributed by atoms with Crippen LogP contribution in [0.3, 0.4) is 0 Å². The maximum absolute atomic E-state index is 11.6. The van der Waals surface area contributed by atoms with Crippen LogP contribution in [0.1, 0.15) is 10.4 Å². The highest BCUT2D eigenvalue weighted by Crippen LogP contribution is 2.18. The fourth-order valence-electron chi connectivity index (χ4n) is 1.05. The maximum atomic E-state index is 11.6. The molecule has 2 aromatic rings. The Hall–Kier alpha value is -1.53. The van der Waals surface area contributed by atoms with Crippen LogP contribution >= 0.6 is 23.4 Å². The van der Waals surface area contributed by atoms with E-state index >= 15 is 0 Å². The van der Waals surface area contributed by atoms with Crippen molar-refractivity contribution in [3.8, 4) is 6.08 Å². The third-order valence-electron chi connectivity index (χ3n) is 1.82. The van der Waals surface area contributed by atoms with E-state index in [1.54, 1.807) is 30.5 Å². The van der Waals surface area contributed by atoms with E-state index in [0.29, 0.717) is 15.8 Å². The van der Waals surface area contributed by atoms with Gasteiger partial charge < -0.3 is 9.15 Å². The minimum Gasteiger partial charge on any atom is -0.383 e. The van der Waals surface area contributed by atoms with E-state index < -0.39 is 5.97 Å². The minimum absolute atomic E-state index is 0.172. The molecule has 17 heavy (non-hydrogen) atoms. The fourth-order valence-corrected chi connectivity index (χ4v) is 1.45. The quantitative estimate of drug-likeness (QED) is 0.631. The van der Waals surface area contributed by atoms with Crippen molar-refractivity contribution in [2.45, 2.75) is 5.22 Å². The Bertz CT molecular complexity index is 527. The number of carbonyl (C=O) groups is 1. The number of rotatable bonds is 3. The average Bonchev–Trinajstić information content (AvgIpc) is 2.77. The molecule has 1 heterocycles. The van der Waals surface area contributed by atoms with Gasteiger partial charge in [0.25, 0.3) is 5.22 Å². The Kier molecular flexibility index (Phi) is 3.65. The molecule has 0 aliphatic rings. The van der Waals surface area contributed by atoms with Gasteiger partial charge in [0.1, 0.15) is 0 Å². The standard InChI is InChI=1S/C10H7ClN2O3S/c1-17-10-13-12-9(16-10)15-8(14)6-2-4-7(11)5-3-6/h2-5H,1H3. The first-order valence-corrected chi connectivity index (χ1v) is 6.14. The summed E-state index contributed by atoms with van der Waals surface area (Å²) in [5, 5.41) is 8.09. The minimum atomic E-state index is -0.571. The van der Waals surface area contributed by atoms with Crippen molar-refractivity contribution in [1.29, 1.82) is 0 Å². The van der Waals surface area contributed by atoms with Crippen LogP contribution in [0.5, 0.6) is 6.08 Å². The number of ether oxygens (including phenoxy) is 1. The second-order valence-corrected chi connectivity index (χ2v) is 4.13. The van der Waals surface area contributed by atoms with Crippen molar-refractivity contribution in [2.24, 2.45) is 0 Å². The predicted molar refractivity (Wildman–Crippen MR) is 62.5 cm³/mol. The fraction of sp³-hybridized carbons (Fsp3) is 0.100. The van der Waals surface area contributed by atoms with Crippen LogP contribution in [0, 0.1) is 0 Å². The Morgan fingerprint density at radius 2 is 2.06 bits per heavy atom. The number of benzene rings is 1. The summed E-state index contributed by atoms with van der Waals surface area (Å²) in [5.41, 5.74) is 0.360. The molecule has 0 atom stereocenters. The van der Waals surface area contributed by atoms with Gasteiger partial charge in [0.2, 0.25) is 0 Å². The van der Waals surface area contributed by atoms with Crippen molar-refractivity contribution in [3.63, 3.8) is 0 Å². The molecule has 1 aromatic carbocycles. The van der Waals surface area contributed by atoms with E-state index in [1.807, 2.05) is 0 Å². The highest BCUT2D eigenvalue weighted by molar-refractivity contribution is 7.98. The smallest absolute Gasteiger partial charge is 0.383 e. The number of hydrogen-bond donors (Lipinski definition) is 0. The highest BCUT2D eigenvalue weighted by Gasteiger charge is 2.13. The number of aromatic nitrogens is 2. The lowest BCUT2D eigenvalue weighted by Gasteiger charge is -1.98. The number of thioether (sulfide) groups is 1. The molecule has 0 amide bonds. The van der Waals surface area contributed by atoms with E-state index in [9.17, 15) is 4.79 Å². The largest absolute Gasteiger partial charge is 0.423 e. The first-order valence-electron chi connectivity index (χ1n) is 4.54. The maximum Gasteiger partial charge on any atom is 0.423 e. The molecule has 0 bridgehead atoms. The van der Waals surface area contributed by atoms with Crippen molar-refractivity contribution >= 4 is 29.3 Å². The zero-order valence-corrected chi connectivity index (χ0v) is 10.3. The third kappa shape index (κ3) is 2.98. The number of hydrogen-bond acceptors (Lipinski definition) is 6. The van der Waals surface area contributed by atoms with Crippen LogP contribution in [-0.2, 0) is 0 Å². The molecule has 2 rings (SSSR count). The number of carbonyl (C=O) groups excluding carboxylic acids is 1. The van der Waals surface area contributed by atoms with Gasteiger partial charge in [0, 0.05) is 5.02 Å². The summed E-state index contributed by atoms with van der Waals surface area (Å²) in [6.45, 7) is 0. The summed E-state index contributed by atoms with van der Waals surface area (Å²) in [6, 6.07) is 6.30. The molecular weight excluding hydrogens is 264 g/mol. The molecule has 0 saturated heterocycles. The molecule has 1 aromatic heterocycles. The van der Waals surface area contributed by atoms with Crippen LogP contribution in [0.25, 0.3) is 0 Å². The van der Waals surface area contributed by atoms with Crippen LogP contribution in [0.15, 0.2) is 33.9 Å². The van der Waals surface area contributed by atoms with Crippen LogP contribution in [0.4, 0.5) is 0 Å². The zero-order chi connectivity index (χ0) is 12.3. The summed E-state index contributed by atoms with van der Waals surface area (Å²) in [7, 11) is 0. The first kappa shape index (κ1) is 11.9. The summed E-state index contributed by atoms with van der Waals surface area (Å²) >= 11 is 6.97. The lowest BCUT2D eigenvalue weighted by atomic mass is 10.2. The Labute approximate surface area is 106 Å². The van der Waals surface area contributed by atoms with E-state index in [2.05, 4.69) is 10.2 Å². The number of esters is 1. The van der Waals surface area contributed by atoms with Gasteiger partial charge in [0.15, 0.2) is 0 Å². The molecule has 5 nitrogen and oxygen atoms in total. The molecule has 0 aliphatic carbocycles. The Morgan fingerprint density at radius 3 is 2.65 bits per heavy atom. The molecule has 88 valence electrons. The summed E-state index contributed by atoms with van der Waals surface area (Å²) in [5.74, 6) is -0.571. The molecule has 0 fully saturated rings. The molecule has 0 radical (unpaired) electrons. The van der Waals surface area contributed by atoms with Gasteiger partial charge >= 0.3 is 12.0 Å². The van der Waals surface area contributed by atoms with Gasteiger partial charge in [-0.1, -0.05) is 33.6 Å². The topological polar surface area (TPSA) is 65.2 Å². The van der Waals surface area contributed by atoms with Crippen molar-refractivity contribution in [3.05, 3.63) is 34.9 Å². The van der Waals surface area contributed by atoms with Crippen molar-refractivity contribution in [2.75, 3.05) is 6.26 Å². The molecule has 7 heteroatoms. The van der Waals surface area contributed by atoms with Crippen LogP contribution < -0.4 is 4.74 Å². The molecule has 0 aliphatic heterocycles. The SMILES string of the molecule is CSc1nnc(OC(=O)c2ccc(Cl)cc2)o1. The summed E-state index contributed by atoms with van der Waals surface area (Å²) in [6.07, 6.45) is 1.60. The lowest BCUT2D eigenvalue weighted by molar-refractivity contribution is 0.0675. The molecule has 0 unspecified atom stereocenters. The number of nitrogens with zero attached hydrogens (tertiary/aromatic N) is 2. The first-order chi connectivity index (χ1) is 8.19. The molecule has 0 spiro atoms. The van der Waals surface area contributed by atoms with Gasteiger partial charge in [-0.2, -0.15) is 0 Å². The third-order valence-corrected chi connectivity index (χ3v) is 2.59. The summed E-state index contributed by atoms with van der Waals surface area (Å²) < 4.78 is 9.91. The zero-order valence-electron chi connectivity index (χ0n) is 8.71. The molecular formula is C10H7ClN2O3S. The van der Waals surface area contributed by atoms with Gasteiger partial charge in [-0.25, -0.2) is 4.79 Å². The van der Waals surface area contributed by atoms with E-state index in [-0.39, 0.29) is 6.08 Å².